The lowest BCUT2D eigenvalue weighted by Crippen LogP contribution is -2.30. The van der Waals surface area contributed by atoms with Gasteiger partial charge in [-0.2, -0.15) is 0 Å². The molecule has 0 aromatic heterocycles. The van der Waals surface area contributed by atoms with Crippen LogP contribution in [0.2, 0.25) is 0 Å². The summed E-state index contributed by atoms with van der Waals surface area (Å²) in [5.74, 6) is 1.06. The van der Waals surface area contributed by atoms with E-state index in [1.807, 2.05) is 27.7 Å². The zero-order valence-electron chi connectivity index (χ0n) is 9.00. The van der Waals surface area contributed by atoms with Gasteiger partial charge in [0.05, 0.1) is 5.75 Å². The Labute approximate surface area is 82.0 Å². The molecule has 0 rings (SSSR count). The van der Waals surface area contributed by atoms with Crippen molar-refractivity contribution in [3.63, 3.8) is 0 Å². The molecule has 0 unspecified atom stereocenters. The number of hydrogen-bond acceptors (Lipinski definition) is 2. The maximum Gasteiger partial charge on any atom is 0.211 e. The Morgan fingerprint density at radius 1 is 1.08 bits per heavy atom. The molecular weight excluding hydrogens is 186 g/mol. The summed E-state index contributed by atoms with van der Waals surface area (Å²) in [6.45, 7) is 8.58. The van der Waals surface area contributed by atoms with Gasteiger partial charge >= 0.3 is 0 Å². The van der Waals surface area contributed by atoms with Crippen LogP contribution in [0.4, 0.5) is 0 Å². The highest BCUT2D eigenvalue weighted by atomic mass is 32.2. The quantitative estimate of drug-likeness (QED) is 0.719. The predicted molar refractivity (Wildman–Crippen MR) is 56.1 cm³/mol. The van der Waals surface area contributed by atoms with Crippen molar-refractivity contribution in [3.05, 3.63) is 0 Å². The molecule has 0 spiro atoms. The number of sulfonamides is 1. The fourth-order valence-electron chi connectivity index (χ4n) is 0.757. The largest absolute Gasteiger partial charge is 0.215 e. The van der Waals surface area contributed by atoms with Crippen molar-refractivity contribution >= 4 is 10.0 Å². The molecule has 0 heterocycles. The number of hydrogen-bond donors (Lipinski definition) is 1. The van der Waals surface area contributed by atoms with Crippen molar-refractivity contribution in [2.75, 3.05) is 12.3 Å². The summed E-state index contributed by atoms with van der Waals surface area (Å²) in [5.41, 5.74) is 0. The van der Waals surface area contributed by atoms with E-state index in [4.69, 9.17) is 0 Å². The molecule has 4 heteroatoms. The first-order valence-corrected chi connectivity index (χ1v) is 6.46. The molecule has 80 valence electrons. The standard InChI is InChI=1S/C9H21NO2S/c1-8(2)5-6-13(11,12)10-7-9(3)4/h8-10H,5-7H2,1-4H3. The van der Waals surface area contributed by atoms with E-state index in [1.165, 1.54) is 0 Å². The van der Waals surface area contributed by atoms with E-state index in [1.54, 1.807) is 0 Å². The van der Waals surface area contributed by atoms with Gasteiger partial charge in [-0.05, 0) is 18.3 Å². The fourth-order valence-corrected chi connectivity index (χ4v) is 2.27. The van der Waals surface area contributed by atoms with Crippen molar-refractivity contribution < 1.29 is 8.42 Å². The van der Waals surface area contributed by atoms with Crippen molar-refractivity contribution in [1.29, 1.82) is 0 Å². The van der Waals surface area contributed by atoms with Gasteiger partial charge in [-0.25, -0.2) is 13.1 Å². The number of nitrogens with one attached hydrogen (secondary N) is 1. The van der Waals surface area contributed by atoms with Crippen LogP contribution in [0.25, 0.3) is 0 Å². The second-order valence-electron chi connectivity index (χ2n) is 4.24. The lowest BCUT2D eigenvalue weighted by atomic mass is 10.2. The average Bonchev–Trinajstić information content (AvgIpc) is 1.98. The summed E-state index contributed by atoms with van der Waals surface area (Å²) < 4.78 is 25.2. The van der Waals surface area contributed by atoms with E-state index in [0.29, 0.717) is 18.4 Å². The molecule has 0 aliphatic heterocycles. The van der Waals surface area contributed by atoms with Crippen LogP contribution in [0.1, 0.15) is 34.1 Å². The molecule has 0 atom stereocenters. The summed E-state index contributed by atoms with van der Waals surface area (Å²) in [7, 11) is -3.02. The molecule has 0 fully saturated rings. The van der Waals surface area contributed by atoms with Crippen LogP contribution in [0.15, 0.2) is 0 Å². The normalized spacial score (nSPS) is 12.8. The van der Waals surface area contributed by atoms with Crippen molar-refractivity contribution in [3.8, 4) is 0 Å². The zero-order chi connectivity index (χ0) is 10.5. The Bertz CT molecular complexity index is 202. The average molecular weight is 207 g/mol. The van der Waals surface area contributed by atoms with Crippen molar-refractivity contribution in [2.45, 2.75) is 34.1 Å². The molecule has 0 aromatic rings. The predicted octanol–water partition coefficient (Wildman–Crippen LogP) is 1.61. The molecular formula is C9H21NO2S. The Morgan fingerprint density at radius 2 is 1.62 bits per heavy atom. The molecule has 0 radical (unpaired) electrons. The molecule has 0 aromatic carbocycles. The first-order valence-electron chi connectivity index (χ1n) is 4.81. The minimum Gasteiger partial charge on any atom is -0.215 e. The summed E-state index contributed by atoms with van der Waals surface area (Å²) in [4.78, 5) is 0. The maximum atomic E-state index is 11.3. The van der Waals surface area contributed by atoms with Gasteiger partial charge in [-0.1, -0.05) is 27.7 Å². The highest BCUT2D eigenvalue weighted by Crippen LogP contribution is 2.02. The second-order valence-corrected chi connectivity index (χ2v) is 6.17. The zero-order valence-corrected chi connectivity index (χ0v) is 9.82. The second kappa shape index (κ2) is 5.60. The first kappa shape index (κ1) is 12.9. The molecule has 0 aliphatic rings. The van der Waals surface area contributed by atoms with Crippen LogP contribution < -0.4 is 4.72 Å². The topological polar surface area (TPSA) is 46.2 Å². The van der Waals surface area contributed by atoms with Gasteiger partial charge < -0.3 is 0 Å². The Hall–Kier alpha value is -0.0900. The van der Waals surface area contributed by atoms with E-state index in [9.17, 15) is 8.42 Å². The third kappa shape index (κ3) is 8.25. The van der Waals surface area contributed by atoms with Crippen molar-refractivity contribution in [2.24, 2.45) is 11.8 Å². The van der Waals surface area contributed by atoms with Gasteiger partial charge in [-0.15, -0.1) is 0 Å². The van der Waals surface area contributed by atoms with E-state index in [-0.39, 0.29) is 5.75 Å². The van der Waals surface area contributed by atoms with Crippen molar-refractivity contribution in [1.82, 2.24) is 4.72 Å². The highest BCUT2D eigenvalue weighted by Gasteiger charge is 2.10. The Morgan fingerprint density at radius 3 is 2.00 bits per heavy atom. The maximum absolute atomic E-state index is 11.3. The molecule has 0 saturated carbocycles. The SMILES string of the molecule is CC(C)CCS(=O)(=O)NCC(C)C. The van der Waals surface area contributed by atoms with E-state index < -0.39 is 10.0 Å². The Kier molecular flexibility index (Phi) is 5.56. The first-order chi connectivity index (χ1) is 5.83. The van der Waals surface area contributed by atoms with Gasteiger partial charge in [0.15, 0.2) is 0 Å². The smallest absolute Gasteiger partial charge is 0.211 e. The minimum atomic E-state index is -3.02. The van der Waals surface area contributed by atoms with Gasteiger partial charge in [-0.3, -0.25) is 0 Å². The van der Waals surface area contributed by atoms with E-state index >= 15 is 0 Å². The summed E-state index contributed by atoms with van der Waals surface area (Å²) in [5, 5.41) is 0. The third-order valence-electron chi connectivity index (χ3n) is 1.68. The minimum absolute atomic E-state index is 0.247. The highest BCUT2D eigenvalue weighted by molar-refractivity contribution is 7.89. The van der Waals surface area contributed by atoms with Crippen LogP contribution in [0, 0.1) is 11.8 Å². The Balaban J connectivity index is 3.81. The van der Waals surface area contributed by atoms with E-state index in [2.05, 4.69) is 4.72 Å². The van der Waals surface area contributed by atoms with Crippen LogP contribution in [0.3, 0.4) is 0 Å². The summed E-state index contributed by atoms with van der Waals surface area (Å²) >= 11 is 0. The van der Waals surface area contributed by atoms with Gasteiger partial charge in [0, 0.05) is 6.54 Å². The summed E-state index contributed by atoms with van der Waals surface area (Å²) in [6, 6.07) is 0. The van der Waals surface area contributed by atoms with Gasteiger partial charge in [0.2, 0.25) is 10.0 Å². The third-order valence-corrected chi connectivity index (χ3v) is 3.06. The van der Waals surface area contributed by atoms with Crippen LogP contribution in [-0.4, -0.2) is 20.7 Å². The molecule has 0 saturated heterocycles. The van der Waals surface area contributed by atoms with Crippen LogP contribution in [-0.2, 0) is 10.0 Å². The van der Waals surface area contributed by atoms with Crippen LogP contribution in [0.5, 0.6) is 0 Å². The monoisotopic (exact) mass is 207 g/mol. The van der Waals surface area contributed by atoms with Gasteiger partial charge in [0.1, 0.15) is 0 Å². The molecule has 0 amide bonds. The lowest BCUT2D eigenvalue weighted by Gasteiger charge is -2.09. The fraction of sp³-hybridized carbons (Fsp3) is 1.00. The molecule has 3 nitrogen and oxygen atoms in total. The van der Waals surface area contributed by atoms with E-state index in [0.717, 1.165) is 6.42 Å². The van der Waals surface area contributed by atoms with Gasteiger partial charge in [0.25, 0.3) is 0 Å². The molecule has 0 bridgehead atoms. The molecule has 0 aliphatic carbocycles. The lowest BCUT2D eigenvalue weighted by molar-refractivity contribution is 0.546. The molecule has 1 N–H and O–H groups in total. The molecule has 13 heavy (non-hydrogen) atoms. The summed E-state index contributed by atoms with van der Waals surface area (Å²) in [6.07, 6.45) is 0.730. The number of rotatable bonds is 6. The van der Waals surface area contributed by atoms with Crippen LogP contribution >= 0.6 is 0 Å².